The highest BCUT2D eigenvalue weighted by Gasteiger charge is 2.45. The number of hydrogen-bond donors (Lipinski definition) is 1. The molecule has 2 aliphatic heterocycles. The zero-order valence-electron chi connectivity index (χ0n) is 14.8. The molecule has 25 heavy (non-hydrogen) atoms. The molecule has 1 aromatic rings. The summed E-state index contributed by atoms with van der Waals surface area (Å²) in [5.41, 5.74) is 0.776. The second kappa shape index (κ2) is 7.66. The first-order chi connectivity index (χ1) is 12.0. The summed E-state index contributed by atoms with van der Waals surface area (Å²) in [5.74, 6) is 1.58. The van der Waals surface area contributed by atoms with Crippen molar-refractivity contribution in [2.45, 2.75) is 24.6 Å². The van der Waals surface area contributed by atoms with Gasteiger partial charge in [0.15, 0.2) is 0 Å². The Bertz CT molecular complexity index is 627. The van der Waals surface area contributed by atoms with E-state index in [0.29, 0.717) is 18.9 Å². The summed E-state index contributed by atoms with van der Waals surface area (Å²) in [6, 6.07) is 7.41. The number of thioether (sulfide) groups is 1. The summed E-state index contributed by atoms with van der Waals surface area (Å²) in [4.78, 5) is 28.1. The Morgan fingerprint density at radius 1 is 1.28 bits per heavy atom. The van der Waals surface area contributed by atoms with Crippen LogP contribution in [0.2, 0.25) is 0 Å². The van der Waals surface area contributed by atoms with Crippen molar-refractivity contribution in [3.8, 4) is 5.75 Å². The lowest BCUT2D eigenvalue weighted by molar-refractivity contribution is -0.130. The molecule has 0 bridgehead atoms. The van der Waals surface area contributed by atoms with E-state index in [1.165, 1.54) is 0 Å². The maximum Gasteiger partial charge on any atom is 0.238 e. The molecule has 1 aromatic carbocycles. The first kappa shape index (κ1) is 18.1. The highest BCUT2D eigenvalue weighted by molar-refractivity contribution is 8.01. The smallest absolute Gasteiger partial charge is 0.238 e. The van der Waals surface area contributed by atoms with Gasteiger partial charge < -0.3 is 15.0 Å². The molecular formula is C18H25N3O3S. The second-order valence-corrected chi connectivity index (χ2v) is 7.81. The Kier molecular flexibility index (Phi) is 5.54. The van der Waals surface area contributed by atoms with Gasteiger partial charge in [0.1, 0.15) is 5.75 Å². The summed E-state index contributed by atoms with van der Waals surface area (Å²) in [5, 5.41) is 2.93. The van der Waals surface area contributed by atoms with E-state index in [-0.39, 0.29) is 16.7 Å². The predicted molar refractivity (Wildman–Crippen MR) is 99.9 cm³/mol. The standard InChI is InChI=1S/C18H25N3O3S/c1-3-24-15-6-4-14(5-7-15)19-16(22)12-21-10-8-18(9-11-21)20(2)17(23)13-25-18/h4-7H,3,8-13H2,1-2H3,(H,19,22). The molecule has 1 N–H and O–H groups in total. The highest BCUT2D eigenvalue weighted by Crippen LogP contribution is 2.43. The van der Waals surface area contributed by atoms with Crippen molar-refractivity contribution in [2.24, 2.45) is 0 Å². The maximum absolute atomic E-state index is 12.3. The molecule has 0 aromatic heterocycles. The monoisotopic (exact) mass is 363 g/mol. The number of hydrogen-bond acceptors (Lipinski definition) is 5. The van der Waals surface area contributed by atoms with Gasteiger partial charge in [-0.05, 0) is 44.0 Å². The van der Waals surface area contributed by atoms with Gasteiger partial charge in [0.2, 0.25) is 11.8 Å². The average Bonchev–Trinajstić information content (AvgIpc) is 2.88. The first-order valence-corrected chi connectivity index (χ1v) is 9.67. The van der Waals surface area contributed by atoms with Gasteiger partial charge in [-0.2, -0.15) is 0 Å². The van der Waals surface area contributed by atoms with E-state index in [1.807, 2.05) is 43.1 Å². The fourth-order valence-corrected chi connectivity index (χ4v) is 4.71. The lowest BCUT2D eigenvalue weighted by Crippen LogP contribution is -2.51. The van der Waals surface area contributed by atoms with E-state index in [1.54, 1.807) is 11.8 Å². The van der Waals surface area contributed by atoms with Gasteiger partial charge in [-0.3, -0.25) is 14.5 Å². The van der Waals surface area contributed by atoms with Crippen LogP contribution in [0.1, 0.15) is 19.8 Å². The molecule has 2 amide bonds. The Balaban J connectivity index is 1.47. The van der Waals surface area contributed by atoms with E-state index in [9.17, 15) is 9.59 Å². The topological polar surface area (TPSA) is 61.9 Å². The lowest BCUT2D eigenvalue weighted by atomic mass is 10.0. The summed E-state index contributed by atoms with van der Waals surface area (Å²) in [6.07, 6.45) is 1.83. The van der Waals surface area contributed by atoms with Crippen LogP contribution in [0.4, 0.5) is 5.69 Å². The minimum atomic E-state index is -0.0564. The molecule has 0 aliphatic carbocycles. The number of anilines is 1. The SMILES string of the molecule is CCOc1ccc(NC(=O)CN2CCC3(CC2)SCC(=O)N3C)cc1. The van der Waals surface area contributed by atoms with Crippen LogP contribution >= 0.6 is 11.8 Å². The van der Waals surface area contributed by atoms with E-state index in [0.717, 1.165) is 37.4 Å². The third-order valence-corrected chi connectivity index (χ3v) is 6.51. The van der Waals surface area contributed by atoms with Crippen molar-refractivity contribution in [1.29, 1.82) is 0 Å². The Morgan fingerprint density at radius 3 is 2.52 bits per heavy atom. The zero-order valence-corrected chi connectivity index (χ0v) is 15.6. The average molecular weight is 363 g/mol. The number of piperidine rings is 1. The molecule has 2 aliphatic rings. The van der Waals surface area contributed by atoms with Crippen LogP contribution in [-0.2, 0) is 9.59 Å². The molecule has 2 heterocycles. The van der Waals surface area contributed by atoms with Crippen LogP contribution in [-0.4, -0.2) is 65.5 Å². The van der Waals surface area contributed by atoms with Crippen LogP contribution in [0, 0.1) is 0 Å². The van der Waals surface area contributed by atoms with Crippen molar-refractivity contribution in [3.63, 3.8) is 0 Å². The Labute approximate surface area is 152 Å². The molecular weight excluding hydrogens is 338 g/mol. The number of nitrogens with zero attached hydrogens (tertiary/aromatic N) is 2. The second-order valence-electron chi connectivity index (χ2n) is 6.47. The van der Waals surface area contributed by atoms with Gasteiger partial charge in [0.05, 0.1) is 23.8 Å². The minimum absolute atomic E-state index is 0.0105. The van der Waals surface area contributed by atoms with Crippen LogP contribution < -0.4 is 10.1 Å². The molecule has 6 nitrogen and oxygen atoms in total. The highest BCUT2D eigenvalue weighted by atomic mass is 32.2. The number of likely N-dealkylation sites (tertiary alicyclic amines) is 1. The molecule has 0 atom stereocenters. The molecule has 0 unspecified atom stereocenters. The molecule has 7 heteroatoms. The van der Waals surface area contributed by atoms with Crippen LogP contribution in [0.15, 0.2) is 24.3 Å². The number of rotatable bonds is 5. The van der Waals surface area contributed by atoms with Crippen molar-refractivity contribution in [3.05, 3.63) is 24.3 Å². The van der Waals surface area contributed by atoms with Gasteiger partial charge >= 0.3 is 0 Å². The van der Waals surface area contributed by atoms with Crippen LogP contribution in [0.5, 0.6) is 5.75 Å². The van der Waals surface area contributed by atoms with Gasteiger partial charge in [0, 0.05) is 25.8 Å². The first-order valence-electron chi connectivity index (χ1n) is 8.68. The lowest BCUT2D eigenvalue weighted by Gasteiger charge is -2.42. The number of nitrogens with one attached hydrogen (secondary N) is 1. The van der Waals surface area contributed by atoms with Gasteiger partial charge in [-0.25, -0.2) is 0 Å². The number of carbonyl (C=O) groups excluding carboxylic acids is 2. The van der Waals surface area contributed by atoms with E-state index >= 15 is 0 Å². The molecule has 3 rings (SSSR count). The van der Waals surface area contributed by atoms with Crippen molar-refractivity contribution < 1.29 is 14.3 Å². The Morgan fingerprint density at radius 2 is 1.96 bits per heavy atom. The summed E-state index contributed by atoms with van der Waals surface area (Å²) >= 11 is 1.75. The molecule has 136 valence electrons. The zero-order chi connectivity index (χ0) is 17.9. The van der Waals surface area contributed by atoms with E-state index < -0.39 is 0 Å². The minimum Gasteiger partial charge on any atom is -0.494 e. The number of amides is 2. The molecule has 2 saturated heterocycles. The van der Waals surface area contributed by atoms with Gasteiger partial charge in [-0.15, -0.1) is 11.8 Å². The number of benzene rings is 1. The number of ether oxygens (including phenoxy) is 1. The predicted octanol–water partition coefficient (Wildman–Crippen LogP) is 2.02. The van der Waals surface area contributed by atoms with E-state index in [4.69, 9.17) is 4.74 Å². The summed E-state index contributed by atoms with van der Waals surface area (Å²) < 4.78 is 5.40. The normalized spacial score (nSPS) is 20.1. The number of carbonyl (C=O) groups is 2. The van der Waals surface area contributed by atoms with Crippen molar-refractivity contribution in [2.75, 3.05) is 44.4 Å². The molecule has 0 radical (unpaired) electrons. The Hall–Kier alpha value is -1.73. The van der Waals surface area contributed by atoms with Crippen LogP contribution in [0.25, 0.3) is 0 Å². The molecule has 1 spiro atoms. The quantitative estimate of drug-likeness (QED) is 0.867. The summed E-state index contributed by atoms with van der Waals surface area (Å²) in [7, 11) is 1.90. The third kappa shape index (κ3) is 4.10. The molecule has 2 fully saturated rings. The maximum atomic E-state index is 12.3. The third-order valence-electron chi connectivity index (χ3n) is 4.90. The van der Waals surface area contributed by atoms with Crippen LogP contribution in [0.3, 0.4) is 0 Å². The fourth-order valence-electron chi connectivity index (χ4n) is 3.36. The van der Waals surface area contributed by atoms with E-state index in [2.05, 4.69) is 10.2 Å². The van der Waals surface area contributed by atoms with Gasteiger partial charge in [-0.1, -0.05) is 0 Å². The molecule has 0 saturated carbocycles. The van der Waals surface area contributed by atoms with Crippen molar-refractivity contribution >= 4 is 29.3 Å². The van der Waals surface area contributed by atoms with Crippen molar-refractivity contribution in [1.82, 2.24) is 9.80 Å². The van der Waals surface area contributed by atoms with Gasteiger partial charge in [0.25, 0.3) is 0 Å². The fraction of sp³-hybridized carbons (Fsp3) is 0.556. The largest absolute Gasteiger partial charge is 0.494 e. The summed E-state index contributed by atoms with van der Waals surface area (Å²) in [6.45, 7) is 4.62.